The minimum Gasteiger partial charge on any atom is -0.504 e. The van der Waals surface area contributed by atoms with Crippen LogP contribution in [0.25, 0.3) is 0 Å². The minimum absolute atomic E-state index is 0.203. The van der Waals surface area contributed by atoms with Crippen molar-refractivity contribution in [1.29, 1.82) is 0 Å². The molecule has 0 atom stereocenters. The Morgan fingerprint density at radius 3 is 2.53 bits per heavy atom. The van der Waals surface area contributed by atoms with Crippen LogP contribution in [0.4, 0.5) is 5.69 Å². The van der Waals surface area contributed by atoms with Crippen LogP contribution in [0.5, 0.6) is 5.75 Å². The number of anilines is 1. The lowest BCUT2D eigenvalue weighted by Gasteiger charge is -2.11. The van der Waals surface area contributed by atoms with E-state index in [2.05, 4.69) is 5.32 Å². The number of nitrogens with one attached hydrogen (secondary N) is 1. The summed E-state index contributed by atoms with van der Waals surface area (Å²) in [7, 11) is 0.753. The molecule has 1 rings (SSSR count). The second kappa shape index (κ2) is 12.5. The Labute approximate surface area is 177 Å². The van der Waals surface area contributed by atoms with Crippen LogP contribution in [0.15, 0.2) is 65.5 Å². The van der Waals surface area contributed by atoms with E-state index in [-0.39, 0.29) is 12.3 Å². The van der Waals surface area contributed by atoms with Gasteiger partial charge in [0.2, 0.25) is 5.91 Å². The normalized spacial score (nSPS) is 13.0. The van der Waals surface area contributed by atoms with Gasteiger partial charge in [-0.05, 0) is 36.8 Å². The molecule has 0 radical (unpaired) electrons. The van der Waals surface area contributed by atoms with Crippen molar-refractivity contribution in [2.24, 2.45) is 5.73 Å². The third-order valence-electron chi connectivity index (χ3n) is 3.74. The molecule has 1 aromatic carbocycles. The Balaban J connectivity index is 3.13. The van der Waals surface area contributed by atoms with Crippen molar-refractivity contribution in [1.82, 2.24) is 0 Å². The van der Waals surface area contributed by atoms with Gasteiger partial charge in [0.05, 0.1) is 51.1 Å². The van der Waals surface area contributed by atoms with E-state index >= 15 is 0 Å². The van der Waals surface area contributed by atoms with Crippen LogP contribution in [-0.2, 0) is 29.9 Å². The van der Waals surface area contributed by atoms with Crippen LogP contribution < -0.4 is 15.8 Å². The fraction of sp³-hybridized carbons (Fsp3) is 0.286. The van der Waals surface area contributed by atoms with Crippen LogP contribution in [0, 0.1) is 0 Å². The first-order valence-electron chi connectivity index (χ1n) is 8.98. The summed E-state index contributed by atoms with van der Waals surface area (Å²) in [4.78, 5) is 11.6. The molecular weight excluding hydrogens is 408 g/mol. The van der Waals surface area contributed by atoms with E-state index < -0.39 is 15.7 Å². The number of sulfone groups is 1. The zero-order chi connectivity index (χ0) is 22.6. The summed E-state index contributed by atoms with van der Waals surface area (Å²) < 4.78 is 40.7. The standard InChI is InChI=1S/C21H28N2O6S/c1-5-6-7-19(28-3)17(14-27-2)10-11-30(25,26)15-16-8-9-20(29-4)18(12-16)23-21(24)13-22/h5-12,14H,13,15,22H2,1-4H3,(H,23,24)/b6-5-,11-10+,17-14+,19-7+. The maximum Gasteiger partial charge on any atom is 0.238 e. The molecule has 0 aromatic heterocycles. The van der Waals surface area contributed by atoms with E-state index in [4.69, 9.17) is 19.9 Å². The number of carbonyl (C=O) groups excluding carboxylic acids is 1. The number of carbonyl (C=O) groups is 1. The van der Waals surface area contributed by atoms with Crippen molar-refractivity contribution in [2.75, 3.05) is 33.2 Å². The van der Waals surface area contributed by atoms with Crippen LogP contribution in [0.3, 0.4) is 0 Å². The lowest BCUT2D eigenvalue weighted by atomic mass is 10.2. The fourth-order valence-corrected chi connectivity index (χ4v) is 3.47. The van der Waals surface area contributed by atoms with Crippen molar-refractivity contribution < 1.29 is 27.4 Å². The van der Waals surface area contributed by atoms with Gasteiger partial charge in [-0.25, -0.2) is 8.42 Å². The number of nitrogens with two attached hydrogens (primary N) is 1. The minimum atomic E-state index is -3.64. The predicted molar refractivity (Wildman–Crippen MR) is 117 cm³/mol. The predicted octanol–water partition coefficient (Wildman–Crippen LogP) is 2.66. The molecule has 0 spiro atoms. The summed E-state index contributed by atoms with van der Waals surface area (Å²) in [6.45, 7) is 1.65. The topological polar surface area (TPSA) is 117 Å². The summed E-state index contributed by atoms with van der Waals surface area (Å²) in [6, 6.07) is 4.73. The number of methoxy groups -OCH3 is 3. The van der Waals surface area contributed by atoms with Gasteiger partial charge in [0.25, 0.3) is 0 Å². The van der Waals surface area contributed by atoms with Crippen molar-refractivity contribution in [3.05, 3.63) is 71.1 Å². The molecule has 0 saturated heterocycles. The molecule has 9 heteroatoms. The van der Waals surface area contributed by atoms with Gasteiger partial charge in [-0.15, -0.1) is 0 Å². The number of benzene rings is 1. The Bertz CT molecular complexity index is 946. The van der Waals surface area contributed by atoms with Crippen molar-refractivity contribution in [2.45, 2.75) is 12.7 Å². The molecule has 0 aliphatic heterocycles. The first-order valence-corrected chi connectivity index (χ1v) is 10.7. The van der Waals surface area contributed by atoms with Crippen LogP contribution in [-0.4, -0.2) is 42.2 Å². The van der Waals surface area contributed by atoms with Crippen LogP contribution >= 0.6 is 0 Å². The van der Waals surface area contributed by atoms with Crippen molar-refractivity contribution in [3.8, 4) is 5.75 Å². The molecular formula is C21H28N2O6S. The van der Waals surface area contributed by atoms with Gasteiger partial charge in [-0.3, -0.25) is 4.79 Å². The van der Waals surface area contributed by atoms with Gasteiger partial charge in [0.1, 0.15) is 11.5 Å². The Kier molecular flexibility index (Phi) is 10.4. The number of amides is 1. The van der Waals surface area contributed by atoms with Crippen molar-refractivity contribution in [3.63, 3.8) is 0 Å². The highest BCUT2D eigenvalue weighted by Gasteiger charge is 2.13. The van der Waals surface area contributed by atoms with Gasteiger partial charge in [-0.2, -0.15) is 0 Å². The van der Waals surface area contributed by atoms with Crippen LogP contribution in [0.2, 0.25) is 0 Å². The lowest BCUT2D eigenvalue weighted by Crippen LogP contribution is -2.22. The average molecular weight is 437 g/mol. The zero-order valence-electron chi connectivity index (χ0n) is 17.5. The fourth-order valence-electron chi connectivity index (χ4n) is 2.37. The molecule has 1 aromatic rings. The van der Waals surface area contributed by atoms with Gasteiger partial charge in [0, 0.05) is 5.41 Å². The third-order valence-corrected chi connectivity index (χ3v) is 5.02. The number of hydrogen-bond donors (Lipinski definition) is 2. The Morgan fingerprint density at radius 2 is 1.97 bits per heavy atom. The molecule has 0 bridgehead atoms. The van der Waals surface area contributed by atoms with Gasteiger partial charge in [-0.1, -0.05) is 18.2 Å². The average Bonchev–Trinajstić information content (AvgIpc) is 2.72. The van der Waals surface area contributed by atoms with E-state index in [1.807, 2.05) is 13.0 Å². The first-order chi connectivity index (χ1) is 14.3. The molecule has 1 amide bonds. The number of allylic oxidation sites excluding steroid dienone is 4. The summed E-state index contributed by atoms with van der Waals surface area (Å²) in [5.74, 6) is 0.151. The van der Waals surface area contributed by atoms with Crippen molar-refractivity contribution >= 4 is 21.4 Å². The third kappa shape index (κ3) is 8.14. The summed E-state index contributed by atoms with van der Waals surface area (Å²) in [6.07, 6.45) is 8.06. The van der Waals surface area contributed by atoms with E-state index in [0.29, 0.717) is 28.3 Å². The van der Waals surface area contributed by atoms with E-state index in [1.165, 1.54) is 39.7 Å². The molecule has 0 aliphatic rings. The highest BCUT2D eigenvalue weighted by Crippen LogP contribution is 2.26. The van der Waals surface area contributed by atoms with Gasteiger partial charge < -0.3 is 25.3 Å². The summed E-state index contributed by atoms with van der Waals surface area (Å²) in [5, 5.41) is 3.67. The first kappa shape index (κ1) is 25.0. The molecule has 8 nitrogen and oxygen atoms in total. The largest absolute Gasteiger partial charge is 0.504 e. The van der Waals surface area contributed by atoms with E-state index in [9.17, 15) is 13.2 Å². The molecule has 30 heavy (non-hydrogen) atoms. The molecule has 164 valence electrons. The molecule has 0 fully saturated rings. The van der Waals surface area contributed by atoms with Gasteiger partial charge in [0.15, 0.2) is 9.84 Å². The summed E-state index contributed by atoms with van der Waals surface area (Å²) in [5.41, 5.74) is 6.59. The maximum absolute atomic E-state index is 12.6. The Morgan fingerprint density at radius 1 is 1.23 bits per heavy atom. The second-order valence-electron chi connectivity index (χ2n) is 5.97. The lowest BCUT2D eigenvalue weighted by molar-refractivity contribution is -0.114. The number of hydrogen-bond acceptors (Lipinski definition) is 7. The molecule has 0 aliphatic carbocycles. The molecule has 0 heterocycles. The van der Waals surface area contributed by atoms with E-state index in [1.54, 1.807) is 24.3 Å². The monoisotopic (exact) mass is 436 g/mol. The molecule has 0 saturated carbocycles. The summed E-state index contributed by atoms with van der Waals surface area (Å²) >= 11 is 0. The quantitative estimate of drug-likeness (QED) is 0.404. The molecule has 3 N–H and O–H groups in total. The SMILES string of the molecule is C\C=C/C=C(OC)\C(\C=C\S(=O)(=O)Cc1ccc(OC)c(NC(=O)CN)c1)=C\OC. The van der Waals surface area contributed by atoms with Crippen LogP contribution in [0.1, 0.15) is 12.5 Å². The second-order valence-corrected chi connectivity index (χ2v) is 7.85. The number of ether oxygens (including phenoxy) is 3. The highest BCUT2D eigenvalue weighted by molar-refractivity contribution is 7.93. The number of rotatable bonds is 11. The Hall–Kier alpha value is -3.04. The smallest absolute Gasteiger partial charge is 0.238 e. The van der Waals surface area contributed by atoms with Gasteiger partial charge >= 0.3 is 0 Å². The molecule has 0 unspecified atom stereocenters. The zero-order valence-corrected chi connectivity index (χ0v) is 18.4. The van der Waals surface area contributed by atoms with E-state index in [0.717, 1.165) is 5.41 Å². The highest BCUT2D eigenvalue weighted by atomic mass is 32.2. The maximum atomic E-state index is 12.6.